The molecule has 0 unspecified atom stereocenters. The minimum absolute atomic E-state index is 0.00563. The number of carboxylic acids is 1. The van der Waals surface area contributed by atoms with Crippen LogP contribution in [0.5, 0.6) is 0 Å². The summed E-state index contributed by atoms with van der Waals surface area (Å²) in [6.07, 6.45) is 0. The maximum Gasteiger partial charge on any atom is 0.354 e. The van der Waals surface area contributed by atoms with E-state index < -0.39 is 15.8 Å². The van der Waals surface area contributed by atoms with Gasteiger partial charge in [0.25, 0.3) is 0 Å². The third-order valence-corrected chi connectivity index (χ3v) is 3.95. The van der Waals surface area contributed by atoms with Crippen molar-refractivity contribution in [1.82, 2.24) is 9.78 Å². The van der Waals surface area contributed by atoms with Crippen molar-refractivity contribution in [3.8, 4) is 0 Å². The Morgan fingerprint density at radius 3 is 2.56 bits per heavy atom. The van der Waals surface area contributed by atoms with E-state index in [-0.39, 0.29) is 23.2 Å². The average molecular weight is 244 g/mol. The van der Waals surface area contributed by atoms with E-state index in [2.05, 4.69) is 5.10 Å². The van der Waals surface area contributed by atoms with Gasteiger partial charge in [0.2, 0.25) is 0 Å². The molecule has 0 aromatic carbocycles. The van der Waals surface area contributed by atoms with E-state index in [9.17, 15) is 13.2 Å². The molecule has 1 aromatic rings. The Morgan fingerprint density at radius 2 is 2.06 bits per heavy atom. The van der Waals surface area contributed by atoms with Gasteiger partial charge in [-0.1, -0.05) is 0 Å². The van der Waals surface area contributed by atoms with Gasteiger partial charge in [-0.25, -0.2) is 13.2 Å². The Balaban J connectivity index is 2.62. The highest BCUT2D eigenvalue weighted by molar-refractivity contribution is 7.90. The lowest BCUT2D eigenvalue weighted by Crippen LogP contribution is -2.15. The number of nitrogens with zero attached hydrogens (tertiary/aromatic N) is 2. The van der Waals surface area contributed by atoms with E-state index in [0.29, 0.717) is 11.3 Å². The van der Waals surface area contributed by atoms with Gasteiger partial charge in [0.1, 0.15) is 0 Å². The Labute approximate surface area is 92.8 Å². The second kappa shape index (κ2) is 3.31. The van der Waals surface area contributed by atoms with Crippen molar-refractivity contribution in [2.24, 2.45) is 0 Å². The lowest BCUT2D eigenvalue weighted by atomic mass is 10.2. The molecule has 0 atom stereocenters. The van der Waals surface area contributed by atoms with Crippen LogP contribution in [0.2, 0.25) is 0 Å². The molecule has 88 valence electrons. The zero-order valence-corrected chi connectivity index (χ0v) is 9.78. The van der Waals surface area contributed by atoms with Crippen LogP contribution in [0.25, 0.3) is 0 Å². The minimum atomic E-state index is -3.20. The maximum absolute atomic E-state index is 11.4. The first-order chi connectivity index (χ1) is 7.32. The third kappa shape index (κ3) is 1.60. The van der Waals surface area contributed by atoms with Crippen LogP contribution < -0.4 is 0 Å². The van der Waals surface area contributed by atoms with Gasteiger partial charge >= 0.3 is 5.97 Å². The van der Waals surface area contributed by atoms with E-state index in [4.69, 9.17) is 5.11 Å². The van der Waals surface area contributed by atoms with Gasteiger partial charge in [0.05, 0.1) is 17.2 Å². The number of hydrogen-bond donors (Lipinski definition) is 1. The molecule has 0 saturated heterocycles. The monoisotopic (exact) mass is 244 g/mol. The quantitative estimate of drug-likeness (QED) is 0.822. The van der Waals surface area contributed by atoms with Crippen molar-refractivity contribution in [3.05, 3.63) is 17.0 Å². The standard InChI is InChI=1S/C9H12N2O4S/c1-5(2)11-8(9(12)13)6-3-16(14,15)4-7(6)10-11/h5H,3-4H2,1-2H3,(H,12,13). The van der Waals surface area contributed by atoms with Crippen molar-refractivity contribution in [3.63, 3.8) is 0 Å². The molecule has 1 N–H and O–H groups in total. The first kappa shape index (κ1) is 11.1. The lowest BCUT2D eigenvalue weighted by molar-refractivity contribution is 0.0680. The molecule has 1 aliphatic rings. The molecule has 1 aromatic heterocycles. The van der Waals surface area contributed by atoms with Crippen LogP contribution in [0.4, 0.5) is 0 Å². The van der Waals surface area contributed by atoms with Crippen molar-refractivity contribution < 1.29 is 18.3 Å². The Bertz CT molecular complexity index is 556. The van der Waals surface area contributed by atoms with Gasteiger partial charge < -0.3 is 5.11 Å². The van der Waals surface area contributed by atoms with Gasteiger partial charge in [-0.15, -0.1) is 0 Å². The number of rotatable bonds is 2. The summed E-state index contributed by atoms with van der Waals surface area (Å²) >= 11 is 0. The Morgan fingerprint density at radius 1 is 1.44 bits per heavy atom. The van der Waals surface area contributed by atoms with Crippen LogP contribution in [-0.2, 0) is 21.3 Å². The summed E-state index contributed by atoms with van der Waals surface area (Å²) in [5, 5.41) is 13.1. The summed E-state index contributed by atoms with van der Waals surface area (Å²) in [6, 6.07) is -0.0978. The molecule has 0 bridgehead atoms. The number of carboxylic acid groups (broad SMARTS) is 1. The van der Waals surface area contributed by atoms with Crippen LogP contribution >= 0.6 is 0 Å². The summed E-state index contributed by atoms with van der Waals surface area (Å²) in [5.74, 6) is -1.49. The van der Waals surface area contributed by atoms with Crippen molar-refractivity contribution in [2.75, 3.05) is 0 Å². The predicted molar refractivity (Wildman–Crippen MR) is 55.9 cm³/mol. The molecule has 7 heteroatoms. The number of aromatic nitrogens is 2. The fourth-order valence-electron chi connectivity index (χ4n) is 1.86. The maximum atomic E-state index is 11.4. The highest BCUT2D eigenvalue weighted by atomic mass is 32.2. The summed E-state index contributed by atoms with van der Waals surface area (Å²) in [4.78, 5) is 11.1. The van der Waals surface area contributed by atoms with Crippen LogP contribution in [-0.4, -0.2) is 29.3 Å². The zero-order chi connectivity index (χ0) is 12.1. The molecule has 6 nitrogen and oxygen atoms in total. The fourth-order valence-corrected chi connectivity index (χ4v) is 3.36. The molecule has 0 aliphatic carbocycles. The van der Waals surface area contributed by atoms with E-state index in [1.807, 2.05) is 13.8 Å². The number of hydrogen-bond acceptors (Lipinski definition) is 4. The number of carbonyl (C=O) groups is 1. The Hall–Kier alpha value is -1.37. The summed E-state index contributed by atoms with van der Waals surface area (Å²) < 4.78 is 24.1. The lowest BCUT2D eigenvalue weighted by Gasteiger charge is -2.09. The molecule has 16 heavy (non-hydrogen) atoms. The van der Waals surface area contributed by atoms with Crippen LogP contribution in [0.1, 0.15) is 41.6 Å². The molecular weight excluding hydrogens is 232 g/mol. The second-order valence-electron chi connectivity index (χ2n) is 4.15. The van der Waals surface area contributed by atoms with Crippen LogP contribution in [0.3, 0.4) is 0 Å². The molecule has 0 radical (unpaired) electrons. The molecule has 0 spiro atoms. The van der Waals surface area contributed by atoms with Gasteiger partial charge in [0.15, 0.2) is 15.5 Å². The topological polar surface area (TPSA) is 89.3 Å². The van der Waals surface area contributed by atoms with E-state index >= 15 is 0 Å². The first-order valence-corrected chi connectivity index (χ1v) is 6.68. The minimum Gasteiger partial charge on any atom is -0.477 e. The normalized spacial score (nSPS) is 17.7. The van der Waals surface area contributed by atoms with Crippen molar-refractivity contribution in [2.45, 2.75) is 31.4 Å². The average Bonchev–Trinajstić information content (AvgIpc) is 2.54. The van der Waals surface area contributed by atoms with Gasteiger partial charge in [0, 0.05) is 11.6 Å². The van der Waals surface area contributed by atoms with Gasteiger partial charge in [-0.2, -0.15) is 5.10 Å². The third-order valence-electron chi connectivity index (χ3n) is 2.50. The van der Waals surface area contributed by atoms with Crippen LogP contribution in [0.15, 0.2) is 0 Å². The SMILES string of the molecule is CC(C)n1nc2c(c1C(=O)O)CS(=O)(=O)C2. The van der Waals surface area contributed by atoms with Gasteiger partial charge in [-0.3, -0.25) is 4.68 Å². The van der Waals surface area contributed by atoms with Crippen molar-refractivity contribution >= 4 is 15.8 Å². The van der Waals surface area contributed by atoms with Crippen LogP contribution in [0, 0.1) is 0 Å². The fraction of sp³-hybridized carbons (Fsp3) is 0.556. The molecule has 2 heterocycles. The highest BCUT2D eigenvalue weighted by Crippen LogP contribution is 2.29. The van der Waals surface area contributed by atoms with Gasteiger partial charge in [-0.05, 0) is 13.8 Å². The number of fused-ring (bicyclic) bond motifs is 1. The van der Waals surface area contributed by atoms with E-state index in [1.54, 1.807) is 0 Å². The first-order valence-electron chi connectivity index (χ1n) is 4.86. The molecule has 1 aliphatic heterocycles. The Kier molecular flexibility index (Phi) is 2.30. The number of sulfone groups is 1. The molecule has 2 rings (SSSR count). The highest BCUT2D eigenvalue weighted by Gasteiger charge is 2.34. The zero-order valence-electron chi connectivity index (χ0n) is 8.97. The van der Waals surface area contributed by atoms with E-state index in [0.717, 1.165) is 0 Å². The second-order valence-corrected chi connectivity index (χ2v) is 6.21. The molecule has 0 amide bonds. The summed E-state index contributed by atoms with van der Waals surface area (Å²) in [6.45, 7) is 3.62. The number of aromatic carboxylic acids is 1. The molecular formula is C9H12N2O4S. The summed E-state index contributed by atoms with van der Waals surface area (Å²) in [7, 11) is -3.20. The predicted octanol–water partition coefficient (Wildman–Crippen LogP) is 0.591. The largest absolute Gasteiger partial charge is 0.477 e. The molecule has 0 saturated carbocycles. The smallest absolute Gasteiger partial charge is 0.354 e. The van der Waals surface area contributed by atoms with E-state index in [1.165, 1.54) is 4.68 Å². The summed E-state index contributed by atoms with van der Waals surface area (Å²) in [5.41, 5.74) is 0.735. The molecule has 0 fully saturated rings. The van der Waals surface area contributed by atoms with Crippen molar-refractivity contribution in [1.29, 1.82) is 0 Å².